The normalized spacial score (nSPS) is 17.4. The van der Waals surface area contributed by atoms with Crippen molar-refractivity contribution in [2.24, 2.45) is 5.92 Å². The van der Waals surface area contributed by atoms with Crippen molar-refractivity contribution in [2.75, 3.05) is 13.7 Å². The van der Waals surface area contributed by atoms with Gasteiger partial charge in [0, 0.05) is 10.5 Å². The molecule has 0 bridgehead atoms. The Morgan fingerprint density at radius 1 is 1.35 bits per heavy atom. The molecule has 1 aliphatic carbocycles. The van der Waals surface area contributed by atoms with E-state index in [0.717, 1.165) is 22.7 Å². The fourth-order valence-corrected chi connectivity index (χ4v) is 3.77. The Morgan fingerprint density at radius 2 is 2.10 bits per heavy atom. The molecule has 1 atom stereocenters. The van der Waals surface area contributed by atoms with Crippen molar-refractivity contribution in [3.05, 3.63) is 28.2 Å². The van der Waals surface area contributed by atoms with Crippen LogP contribution in [-0.4, -0.2) is 13.7 Å². The van der Waals surface area contributed by atoms with Crippen LogP contribution in [0.5, 0.6) is 5.75 Å². The summed E-state index contributed by atoms with van der Waals surface area (Å²) in [5.41, 5.74) is 1.37. The number of benzene rings is 1. The van der Waals surface area contributed by atoms with Gasteiger partial charge in [-0.3, -0.25) is 0 Å². The first-order valence-electron chi connectivity index (χ1n) is 7.81. The summed E-state index contributed by atoms with van der Waals surface area (Å²) in [6.07, 6.45) is 8.06. The van der Waals surface area contributed by atoms with E-state index in [1.165, 1.54) is 44.1 Å². The molecule has 1 aliphatic rings. The first-order valence-corrected chi connectivity index (χ1v) is 8.60. The van der Waals surface area contributed by atoms with Crippen molar-refractivity contribution in [2.45, 2.75) is 51.5 Å². The number of methoxy groups -OCH3 is 1. The molecule has 1 aromatic rings. The van der Waals surface area contributed by atoms with Crippen LogP contribution in [0.1, 0.15) is 57.1 Å². The summed E-state index contributed by atoms with van der Waals surface area (Å²) < 4.78 is 6.45. The van der Waals surface area contributed by atoms with Crippen LogP contribution in [0.15, 0.2) is 22.7 Å². The Morgan fingerprint density at radius 3 is 2.70 bits per heavy atom. The first kappa shape index (κ1) is 15.8. The zero-order valence-corrected chi connectivity index (χ0v) is 14.2. The zero-order valence-electron chi connectivity index (χ0n) is 12.6. The lowest BCUT2D eigenvalue weighted by molar-refractivity contribution is 0.392. The minimum Gasteiger partial charge on any atom is -0.497 e. The van der Waals surface area contributed by atoms with Crippen LogP contribution in [0.3, 0.4) is 0 Å². The average Bonchev–Trinajstić information content (AvgIpc) is 2.96. The quantitative estimate of drug-likeness (QED) is 0.747. The maximum absolute atomic E-state index is 5.29. The molecule has 0 aromatic heterocycles. The van der Waals surface area contributed by atoms with Gasteiger partial charge < -0.3 is 10.1 Å². The van der Waals surface area contributed by atoms with Crippen LogP contribution < -0.4 is 10.1 Å². The Balaban J connectivity index is 2.11. The smallest absolute Gasteiger partial charge is 0.120 e. The summed E-state index contributed by atoms with van der Waals surface area (Å²) in [7, 11) is 1.72. The SMILES string of the molecule is CCCNC(CC1CCCC1)c1ccc(OC)cc1Br. The van der Waals surface area contributed by atoms with E-state index in [2.05, 4.69) is 46.4 Å². The molecular formula is C17H26BrNO. The molecule has 1 unspecified atom stereocenters. The van der Waals surface area contributed by atoms with Gasteiger partial charge in [-0.25, -0.2) is 0 Å². The molecule has 0 amide bonds. The van der Waals surface area contributed by atoms with Crippen molar-refractivity contribution < 1.29 is 4.74 Å². The lowest BCUT2D eigenvalue weighted by Gasteiger charge is -2.23. The molecule has 1 aromatic carbocycles. The van der Waals surface area contributed by atoms with Crippen LogP contribution in [-0.2, 0) is 0 Å². The molecule has 0 aliphatic heterocycles. The first-order chi connectivity index (χ1) is 9.74. The van der Waals surface area contributed by atoms with Gasteiger partial charge in [0.25, 0.3) is 0 Å². The summed E-state index contributed by atoms with van der Waals surface area (Å²) in [5, 5.41) is 3.72. The van der Waals surface area contributed by atoms with E-state index < -0.39 is 0 Å². The van der Waals surface area contributed by atoms with Gasteiger partial charge >= 0.3 is 0 Å². The fraction of sp³-hybridized carbons (Fsp3) is 0.647. The number of rotatable bonds is 7. The molecular weight excluding hydrogens is 314 g/mol. The molecule has 0 radical (unpaired) electrons. The van der Waals surface area contributed by atoms with E-state index in [4.69, 9.17) is 4.74 Å². The van der Waals surface area contributed by atoms with Gasteiger partial charge in [-0.1, -0.05) is 54.6 Å². The maximum atomic E-state index is 5.29. The van der Waals surface area contributed by atoms with E-state index >= 15 is 0 Å². The Bertz CT molecular complexity index is 415. The van der Waals surface area contributed by atoms with Gasteiger partial charge in [0.1, 0.15) is 5.75 Å². The fourth-order valence-electron chi connectivity index (χ4n) is 3.14. The van der Waals surface area contributed by atoms with Gasteiger partial charge in [-0.05, 0) is 43.0 Å². The van der Waals surface area contributed by atoms with E-state index in [1.54, 1.807) is 7.11 Å². The van der Waals surface area contributed by atoms with Gasteiger partial charge in [-0.15, -0.1) is 0 Å². The van der Waals surface area contributed by atoms with Crippen LogP contribution in [0.4, 0.5) is 0 Å². The second-order valence-corrected chi connectivity index (χ2v) is 6.63. The molecule has 112 valence electrons. The topological polar surface area (TPSA) is 21.3 Å². The molecule has 2 rings (SSSR count). The summed E-state index contributed by atoms with van der Waals surface area (Å²) in [5.74, 6) is 1.80. The van der Waals surface area contributed by atoms with Crippen LogP contribution in [0.25, 0.3) is 0 Å². The van der Waals surface area contributed by atoms with Crippen molar-refractivity contribution in [3.8, 4) is 5.75 Å². The molecule has 1 saturated carbocycles. The lowest BCUT2D eigenvalue weighted by atomic mass is 9.93. The minimum absolute atomic E-state index is 0.457. The standard InChI is InChI=1S/C17H26BrNO/c1-3-10-19-17(11-13-6-4-5-7-13)15-9-8-14(20-2)12-16(15)18/h8-9,12-13,17,19H,3-7,10-11H2,1-2H3. The van der Waals surface area contributed by atoms with Crippen LogP contribution >= 0.6 is 15.9 Å². The second kappa shape index (κ2) is 8.04. The van der Waals surface area contributed by atoms with Crippen LogP contribution in [0, 0.1) is 5.92 Å². The molecule has 0 heterocycles. The molecule has 0 spiro atoms. The molecule has 20 heavy (non-hydrogen) atoms. The summed E-state index contributed by atoms with van der Waals surface area (Å²) in [6.45, 7) is 3.30. The van der Waals surface area contributed by atoms with Crippen molar-refractivity contribution in [1.29, 1.82) is 0 Å². The van der Waals surface area contributed by atoms with Crippen molar-refractivity contribution in [1.82, 2.24) is 5.32 Å². The Kier molecular flexibility index (Phi) is 6.37. The highest BCUT2D eigenvalue weighted by Crippen LogP contribution is 2.36. The van der Waals surface area contributed by atoms with Gasteiger partial charge in [0.2, 0.25) is 0 Å². The van der Waals surface area contributed by atoms with Gasteiger partial charge in [0.15, 0.2) is 0 Å². The molecule has 2 nitrogen and oxygen atoms in total. The Hall–Kier alpha value is -0.540. The molecule has 3 heteroatoms. The summed E-state index contributed by atoms with van der Waals surface area (Å²) >= 11 is 3.71. The predicted molar refractivity (Wildman–Crippen MR) is 88.3 cm³/mol. The van der Waals surface area contributed by atoms with Gasteiger partial charge in [-0.2, -0.15) is 0 Å². The van der Waals surface area contributed by atoms with Crippen LogP contribution in [0.2, 0.25) is 0 Å². The molecule has 1 fully saturated rings. The summed E-state index contributed by atoms with van der Waals surface area (Å²) in [6, 6.07) is 6.80. The highest BCUT2D eigenvalue weighted by Gasteiger charge is 2.22. The summed E-state index contributed by atoms with van der Waals surface area (Å²) in [4.78, 5) is 0. The third kappa shape index (κ3) is 4.23. The predicted octanol–water partition coefficient (Wildman–Crippen LogP) is 5.08. The van der Waals surface area contributed by atoms with E-state index in [9.17, 15) is 0 Å². The maximum Gasteiger partial charge on any atom is 0.120 e. The molecule has 0 saturated heterocycles. The number of halogens is 1. The van der Waals surface area contributed by atoms with Crippen molar-refractivity contribution >= 4 is 15.9 Å². The number of hydrogen-bond donors (Lipinski definition) is 1. The van der Waals surface area contributed by atoms with E-state index in [0.29, 0.717) is 6.04 Å². The van der Waals surface area contributed by atoms with E-state index in [-0.39, 0.29) is 0 Å². The second-order valence-electron chi connectivity index (χ2n) is 5.78. The Labute approximate surface area is 131 Å². The zero-order chi connectivity index (χ0) is 14.4. The highest BCUT2D eigenvalue weighted by molar-refractivity contribution is 9.10. The highest BCUT2D eigenvalue weighted by atomic mass is 79.9. The third-order valence-corrected chi connectivity index (χ3v) is 4.95. The largest absolute Gasteiger partial charge is 0.497 e. The minimum atomic E-state index is 0.457. The third-order valence-electron chi connectivity index (χ3n) is 4.27. The monoisotopic (exact) mass is 339 g/mol. The average molecular weight is 340 g/mol. The lowest BCUT2D eigenvalue weighted by Crippen LogP contribution is -2.24. The van der Waals surface area contributed by atoms with E-state index in [1.807, 2.05) is 0 Å². The van der Waals surface area contributed by atoms with Crippen molar-refractivity contribution in [3.63, 3.8) is 0 Å². The number of ether oxygens (including phenoxy) is 1. The number of hydrogen-bond acceptors (Lipinski definition) is 2. The number of nitrogens with one attached hydrogen (secondary N) is 1. The molecule has 1 N–H and O–H groups in total. The van der Waals surface area contributed by atoms with Gasteiger partial charge in [0.05, 0.1) is 7.11 Å².